The molecule has 0 radical (unpaired) electrons. The third-order valence-corrected chi connectivity index (χ3v) is 2.20. The Kier molecular flexibility index (Phi) is 2.47. The van der Waals surface area contributed by atoms with Gasteiger partial charge in [-0.05, 0) is 12.1 Å². The number of amides is 1. The number of carbonyl (C=O) groups is 1. The summed E-state index contributed by atoms with van der Waals surface area (Å²) < 4.78 is 10.4. The van der Waals surface area contributed by atoms with Gasteiger partial charge in [0.2, 0.25) is 5.91 Å². The van der Waals surface area contributed by atoms with Crippen molar-refractivity contribution in [1.29, 1.82) is 0 Å². The van der Waals surface area contributed by atoms with E-state index in [1.807, 2.05) is 0 Å². The molecular formula is C10H12N2O3. The summed E-state index contributed by atoms with van der Waals surface area (Å²) in [5.41, 5.74) is 6.15. The molecule has 1 atom stereocenters. The van der Waals surface area contributed by atoms with E-state index in [-0.39, 0.29) is 12.5 Å². The second-order valence-corrected chi connectivity index (χ2v) is 3.27. The summed E-state index contributed by atoms with van der Waals surface area (Å²) in [5, 5.41) is 2.68. The lowest BCUT2D eigenvalue weighted by molar-refractivity contribution is -0.117. The van der Waals surface area contributed by atoms with Gasteiger partial charge in [0.1, 0.15) is 24.1 Å². The van der Waals surface area contributed by atoms with Gasteiger partial charge in [0.25, 0.3) is 0 Å². The normalized spacial score (nSPS) is 19.6. The molecule has 0 spiro atoms. The first kappa shape index (κ1) is 9.79. The molecule has 2 rings (SSSR count). The van der Waals surface area contributed by atoms with Crippen LogP contribution in [0.15, 0.2) is 18.2 Å². The predicted octanol–water partition coefficient (Wildman–Crippen LogP) is 0.353. The van der Waals surface area contributed by atoms with Crippen LogP contribution in [0, 0.1) is 0 Å². The SMILES string of the molecule is COc1ccc2c(c1)NC(=O)[C@@H](N)CO2. The van der Waals surface area contributed by atoms with Crippen molar-refractivity contribution in [3.05, 3.63) is 18.2 Å². The molecule has 0 aromatic heterocycles. The number of nitrogens with two attached hydrogens (primary N) is 1. The average molecular weight is 208 g/mol. The van der Waals surface area contributed by atoms with Crippen molar-refractivity contribution in [3.8, 4) is 11.5 Å². The molecular weight excluding hydrogens is 196 g/mol. The van der Waals surface area contributed by atoms with E-state index < -0.39 is 6.04 Å². The number of fused-ring (bicyclic) bond motifs is 1. The number of hydrogen-bond acceptors (Lipinski definition) is 4. The fourth-order valence-electron chi connectivity index (χ4n) is 1.34. The monoisotopic (exact) mass is 208 g/mol. The molecule has 1 amide bonds. The van der Waals surface area contributed by atoms with Crippen molar-refractivity contribution >= 4 is 11.6 Å². The largest absolute Gasteiger partial charge is 0.497 e. The minimum atomic E-state index is -0.636. The van der Waals surface area contributed by atoms with Gasteiger partial charge < -0.3 is 20.5 Å². The number of carbonyl (C=O) groups excluding carboxylic acids is 1. The summed E-state index contributed by atoms with van der Waals surface area (Å²) in [6, 6.07) is 4.57. The van der Waals surface area contributed by atoms with Crippen LogP contribution in [-0.2, 0) is 4.79 Å². The van der Waals surface area contributed by atoms with Gasteiger partial charge in [0.05, 0.1) is 12.8 Å². The molecule has 0 unspecified atom stereocenters. The summed E-state index contributed by atoms with van der Waals surface area (Å²) in [6.45, 7) is 0.186. The zero-order chi connectivity index (χ0) is 10.8. The summed E-state index contributed by atoms with van der Waals surface area (Å²) in [7, 11) is 1.56. The summed E-state index contributed by atoms with van der Waals surface area (Å²) >= 11 is 0. The number of hydrogen-bond donors (Lipinski definition) is 2. The molecule has 1 aliphatic rings. The third kappa shape index (κ3) is 1.87. The van der Waals surface area contributed by atoms with Gasteiger partial charge in [-0.1, -0.05) is 0 Å². The highest BCUT2D eigenvalue weighted by atomic mass is 16.5. The Labute approximate surface area is 87.2 Å². The number of nitrogens with one attached hydrogen (secondary N) is 1. The average Bonchev–Trinajstić information content (AvgIpc) is 2.39. The Hall–Kier alpha value is -1.75. The van der Waals surface area contributed by atoms with Crippen molar-refractivity contribution in [2.45, 2.75) is 6.04 Å². The van der Waals surface area contributed by atoms with Crippen LogP contribution in [0.25, 0.3) is 0 Å². The van der Waals surface area contributed by atoms with Gasteiger partial charge in [-0.15, -0.1) is 0 Å². The van der Waals surface area contributed by atoms with Gasteiger partial charge in [0, 0.05) is 6.07 Å². The summed E-state index contributed by atoms with van der Waals surface area (Å²) in [4.78, 5) is 11.4. The molecule has 1 aromatic carbocycles. The van der Waals surface area contributed by atoms with Gasteiger partial charge in [-0.2, -0.15) is 0 Å². The fraction of sp³-hybridized carbons (Fsp3) is 0.300. The number of anilines is 1. The van der Waals surface area contributed by atoms with Gasteiger partial charge in [-0.25, -0.2) is 0 Å². The van der Waals surface area contributed by atoms with Crippen LogP contribution in [0.3, 0.4) is 0 Å². The first-order valence-electron chi connectivity index (χ1n) is 4.58. The van der Waals surface area contributed by atoms with Crippen LogP contribution in [0.4, 0.5) is 5.69 Å². The van der Waals surface area contributed by atoms with E-state index in [2.05, 4.69) is 5.32 Å². The second kappa shape index (κ2) is 3.78. The number of rotatable bonds is 1. The standard InChI is InChI=1S/C10H12N2O3/c1-14-6-2-3-9-8(4-6)12-10(13)7(11)5-15-9/h2-4,7H,5,11H2,1H3,(H,12,13)/t7-/m0/s1. The molecule has 0 saturated heterocycles. The topological polar surface area (TPSA) is 73.6 Å². The Balaban J connectivity index is 2.35. The lowest BCUT2D eigenvalue weighted by Gasteiger charge is -2.08. The molecule has 1 aliphatic heterocycles. The Morgan fingerprint density at radius 2 is 2.40 bits per heavy atom. The Morgan fingerprint density at radius 1 is 1.60 bits per heavy atom. The van der Waals surface area contributed by atoms with Crippen molar-refractivity contribution in [3.63, 3.8) is 0 Å². The molecule has 0 aliphatic carbocycles. The highest BCUT2D eigenvalue weighted by Crippen LogP contribution is 2.30. The maximum Gasteiger partial charge on any atom is 0.244 e. The van der Waals surface area contributed by atoms with Gasteiger partial charge in [-0.3, -0.25) is 4.79 Å². The molecule has 0 saturated carbocycles. The van der Waals surface area contributed by atoms with E-state index in [4.69, 9.17) is 15.2 Å². The maximum absolute atomic E-state index is 11.4. The smallest absolute Gasteiger partial charge is 0.244 e. The van der Waals surface area contributed by atoms with Crippen LogP contribution in [-0.4, -0.2) is 25.7 Å². The Bertz CT molecular complexity index is 392. The number of ether oxygens (including phenoxy) is 2. The molecule has 5 heteroatoms. The first-order chi connectivity index (χ1) is 7.20. The number of benzene rings is 1. The van der Waals surface area contributed by atoms with Crippen LogP contribution in [0.1, 0.15) is 0 Å². The highest BCUT2D eigenvalue weighted by Gasteiger charge is 2.21. The lowest BCUT2D eigenvalue weighted by atomic mass is 10.2. The second-order valence-electron chi connectivity index (χ2n) is 3.27. The van der Waals surface area contributed by atoms with E-state index in [0.29, 0.717) is 17.2 Å². The zero-order valence-corrected chi connectivity index (χ0v) is 8.32. The maximum atomic E-state index is 11.4. The van der Waals surface area contributed by atoms with Crippen LogP contribution >= 0.6 is 0 Å². The third-order valence-electron chi connectivity index (χ3n) is 2.20. The molecule has 1 heterocycles. The molecule has 5 nitrogen and oxygen atoms in total. The quantitative estimate of drug-likeness (QED) is 0.698. The zero-order valence-electron chi connectivity index (χ0n) is 8.32. The van der Waals surface area contributed by atoms with E-state index in [1.54, 1.807) is 25.3 Å². The van der Waals surface area contributed by atoms with Gasteiger partial charge in [0.15, 0.2) is 0 Å². The van der Waals surface area contributed by atoms with E-state index in [9.17, 15) is 4.79 Å². The minimum absolute atomic E-state index is 0.186. The molecule has 3 N–H and O–H groups in total. The Morgan fingerprint density at radius 3 is 3.13 bits per heavy atom. The van der Waals surface area contributed by atoms with E-state index in [0.717, 1.165) is 0 Å². The molecule has 1 aromatic rings. The summed E-state index contributed by atoms with van der Waals surface area (Å²) in [6.07, 6.45) is 0. The van der Waals surface area contributed by atoms with Crippen molar-refractivity contribution < 1.29 is 14.3 Å². The predicted molar refractivity (Wildman–Crippen MR) is 55.1 cm³/mol. The van der Waals surface area contributed by atoms with E-state index in [1.165, 1.54) is 0 Å². The summed E-state index contributed by atoms with van der Waals surface area (Å²) in [5.74, 6) is 1.02. The highest BCUT2D eigenvalue weighted by molar-refractivity contribution is 5.97. The van der Waals surface area contributed by atoms with E-state index >= 15 is 0 Å². The van der Waals surface area contributed by atoms with Gasteiger partial charge >= 0.3 is 0 Å². The van der Waals surface area contributed by atoms with Crippen molar-refractivity contribution in [1.82, 2.24) is 0 Å². The van der Waals surface area contributed by atoms with Crippen LogP contribution in [0.2, 0.25) is 0 Å². The van der Waals surface area contributed by atoms with Crippen molar-refractivity contribution in [2.24, 2.45) is 5.73 Å². The molecule has 15 heavy (non-hydrogen) atoms. The molecule has 0 fully saturated rings. The molecule has 0 bridgehead atoms. The number of methoxy groups -OCH3 is 1. The van der Waals surface area contributed by atoms with Crippen LogP contribution < -0.4 is 20.5 Å². The van der Waals surface area contributed by atoms with Crippen molar-refractivity contribution in [2.75, 3.05) is 19.0 Å². The first-order valence-corrected chi connectivity index (χ1v) is 4.58. The molecule has 80 valence electrons. The minimum Gasteiger partial charge on any atom is -0.497 e. The fourth-order valence-corrected chi connectivity index (χ4v) is 1.34. The van der Waals surface area contributed by atoms with Crippen LogP contribution in [0.5, 0.6) is 11.5 Å². The lowest BCUT2D eigenvalue weighted by Crippen LogP contribution is -2.38.